The minimum atomic E-state index is -0.324. The van der Waals surface area contributed by atoms with Crippen LogP contribution in [0.1, 0.15) is 18.9 Å². The van der Waals surface area contributed by atoms with E-state index in [2.05, 4.69) is 15.3 Å². The maximum absolute atomic E-state index is 13.0. The van der Waals surface area contributed by atoms with Gasteiger partial charge in [-0.25, -0.2) is 14.4 Å². The summed E-state index contributed by atoms with van der Waals surface area (Å²) < 4.78 is 18.3. The first-order valence-electron chi connectivity index (χ1n) is 7.90. The van der Waals surface area contributed by atoms with E-state index < -0.39 is 0 Å². The Morgan fingerprint density at radius 1 is 1.33 bits per heavy atom. The molecule has 1 atom stereocenters. The molecule has 126 valence electrons. The van der Waals surface area contributed by atoms with Crippen molar-refractivity contribution in [3.8, 4) is 5.88 Å². The molecule has 1 aliphatic rings. The molecule has 1 saturated heterocycles. The molecule has 1 N–H and O–H groups in total. The number of carbonyl (C=O) groups is 1. The summed E-state index contributed by atoms with van der Waals surface area (Å²) in [6.07, 6.45) is 2.09. The van der Waals surface area contributed by atoms with Gasteiger partial charge in [-0.1, -0.05) is 12.1 Å². The molecule has 0 radical (unpaired) electrons. The van der Waals surface area contributed by atoms with Crippen LogP contribution in [0.3, 0.4) is 0 Å². The van der Waals surface area contributed by atoms with Crippen molar-refractivity contribution in [2.45, 2.75) is 25.9 Å². The number of benzene rings is 1. The first kappa shape index (κ1) is 16.2. The minimum Gasteiger partial charge on any atom is -0.478 e. The van der Waals surface area contributed by atoms with E-state index in [0.29, 0.717) is 37.8 Å². The Morgan fingerprint density at radius 2 is 2.12 bits per heavy atom. The first-order chi connectivity index (χ1) is 11.7. The Morgan fingerprint density at radius 3 is 2.88 bits per heavy atom. The van der Waals surface area contributed by atoms with Crippen LogP contribution in [-0.4, -0.2) is 40.0 Å². The lowest BCUT2D eigenvalue weighted by atomic mass is 10.2. The Hall–Kier alpha value is -2.70. The van der Waals surface area contributed by atoms with Gasteiger partial charge in [0.25, 0.3) is 0 Å². The van der Waals surface area contributed by atoms with Crippen LogP contribution >= 0.6 is 0 Å². The number of nitrogens with one attached hydrogen (secondary N) is 1. The molecule has 1 fully saturated rings. The largest absolute Gasteiger partial charge is 0.478 e. The van der Waals surface area contributed by atoms with Gasteiger partial charge in [0.15, 0.2) is 0 Å². The molecule has 1 aromatic heterocycles. The van der Waals surface area contributed by atoms with Gasteiger partial charge in [-0.3, -0.25) is 4.79 Å². The van der Waals surface area contributed by atoms with Gasteiger partial charge in [0.2, 0.25) is 11.8 Å². The Bertz CT molecular complexity index is 708. The van der Waals surface area contributed by atoms with Gasteiger partial charge in [0, 0.05) is 19.2 Å². The van der Waals surface area contributed by atoms with Crippen molar-refractivity contribution >= 4 is 11.7 Å². The molecule has 0 bridgehead atoms. The number of rotatable bonds is 6. The second kappa shape index (κ2) is 7.25. The summed E-state index contributed by atoms with van der Waals surface area (Å²) in [5, 5.41) is 3.13. The van der Waals surface area contributed by atoms with E-state index in [1.807, 2.05) is 6.92 Å². The number of halogens is 1. The van der Waals surface area contributed by atoms with Crippen LogP contribution in [0.15, 0.2) is 36.7 Å². The fourth-order valence-corrected chi connectivity index (χ4v) is 2.66. The van der Waals surface area contributed by atoms with E-state index in [0.717, 1.165) is 5.56 Å². The zero-order chi connectivity index (χ0) is 16.9. The topological polar surface area (TPSA) is 67.3 Å². The molecule has 6 nitrogen and oxygen atoms in total. The lowest BCUT2D eigenvalue weighted by Gasteiger charge is -2.17. The summed E-state index contributed by atoms with van der Waals surface area (Å²) in [6, 6.07) is 7.56. The van der Waals surface area contributed by atoms with Crippen molar-refractivity contribution in [1.29, 1.82) is 0 Å². The maximum Gasteiger partial charge on any atom is 0.245 e. The SMILES string of the molecule is CCOc1cc(NC2CCN(Cc3ccc(F)cc3)C2=O)ncn1. The lowest BCUT2D eigenvalue weighted by molar-refractivity contribution is -0.128. The fourth-order valence-electron chi connectivity index (χ4n) is 2.66. The number of ether oxygens (including phenoxy) is 1. The number of carbonyl (C=O) groups excluding carboxylic acids is 1. The summed E-state index contributed by atoms with van der Waals surface area (Å²) in [7, 11) is 0. The van der Waals surface area contributed by atoms with Crippen molar-refractivity contribution in [1.82, 2.24) is 14.9 Å². The predicted molar refractivity (Wildman–Crippen MR) is 87.0 cm³/mol. The van der Waals surface area contributed by atoms with E-state index in [1.165, 1.54) is 18.5 Å². The number of hydrogen-bond donors (Lipinski definition) is 1. The molecule has 0 saturated carbocycles. The van der Waals surface area contributed by atoms with Crippen LogP contribution in [-0.2, 0) is 11.3 Å². The smallest absolute Gasteiger partial charge is 0.245 e. The lowest BCUT2D eigenvalue weighted by Crippen LogP contribution is -2.33. The number of amides is 1. The molecule has 0 aliphatic carbocycles. The zero-order valence-corrected chi connectivity index (χ0v) is 13.4. The predicted octanol–water partition coefficient (Wildman–Crippen LogP) is 2.23. The van der Waals surface area contributed by atoms with Crippen LogP contribution in [0, 0.1) is 5.82 Å². The summed E-state index contributed by atoms with van der Waals surface area (Å²) in [6.45, 7) is 3.52. The molecule has 24 heavy (non-hydrogen) atoms. The van der Waals surface area contributed by atoms with Gasteiger partial charge in [-0.2, -0.15) is 0 Å². The fraction of sp³-hybridized carbons (Fsp3) is 0.353. The van der Waals surface area contributed by atoms with Crippen molar-refractivity contribution < 1.29 is 13.9 Å². The third-order valence-corrected chi connectivity index (χ3v) is 3.84. The Labute approximate surface area is 139 Å². The standard InChI is InChI=1S/C17H19FN4O2/c1-2-24-16-9-15(19-11-20-16)21-14-7-8-22(17(14)23)10-12-3-5-13(18)6-4-12/h3-6,9,11,14H,2,7-8,10H2,1H3,(H,19,20,21). The molecule has 1 unspecified atom stereocenters. The maximum atomic E-state index is 13.0. The zero-order valence-electron chi connectivity index (χ0n) is 13.4. The number of likely N-dealkylation sites (tertiary alicyclic amines) is 1. The highest BCUT2D eigenvalue weighted by atomic mass is 19.1. The van der Waals surface area contributed by atoms with Crippen molar-refractivity contribution in [2.75, 3.05) is 18.5 Å². The highest BCUT2D eigenvalue weighted by Crippen LogP contribution is 2.20. The molecular weight excluding hydrogens is 311 g/mol. The third-order valence-electron chi connectivity index (χ3n) is 3.84. The van der Waals surface area contributed by atoms with Gasteiger partial charge >= 0.3 is 0 Å². The molecule has 3 rings (SSSR count). The summed E-state index contributed by atoms with van der Waals surface area (Å²) >= 11 is 0. The summed E-state index contributed by atoms with van der Waals surface area (Å²) in [5.41, 5.74) is 0.908. The molecule has 1 aliphatic heterocycles. The Balaban J connectivity index is 1.61. The normalized spacial score (nSPS) is 17.2. The van der Waals surface area contributed by atoms with E-state index >= 15 is 0 Å². The van der Waals surface area contributed by atoms with Gasteiger partial charge in [0.1, 0.15) is 24.0 Å². The van der Waals surface area contributed by atoms with E-state index in [4.69, 9.17) is 4.74 Å². The van der Waals surface area contributed by atoms with Gasteiger partial charge < -0.3 is 15.0 Å². The summed E-state index contributed by atoms with van der Waals surface area (Å²) in [4.78, 5) is 22.4. The Kier molecular flexibility index (Phi) is 4.88. The van der Waals surface area contributed by atoms with E-state index in [9.17, 15) is 9.18 Å². The molecule has 1 aromatic carbocycles. The van der Waals surface area contributed by atoms with Crippen molar-refractivity contribution in [3.63, 3.8) is 0 Å². The molecule has 2 aromatic rings. The van der Waals surface area contributed by atoms with Crippen molar-refractivity contribution in [3.05, 3.63) is 48.0 Å². The first-order valence-corrected chi connectivity index (χ1v) is 7.90. The number of hydrogen-bond acceptors (Lipinski definition) is 5. The van der Waals surface area contributed by atoms with E-state index in [-0.39, 0.29) is 17.8 Å². The quantitative estimate of drug-likeness (QED) is 0.880. The monoisotopic (exact) mass is 330 g/mol. The molecular formula is C17H19FN4O2. The molecule has 7 heteroatoms. The van der Waals surface area contributed by atoms with Crippen molar-refractivity contribution in [2.24, 2.45) is 0 Å². The number of nitrogens with zero attached hydrogens (tertiary/aromatic N) is 3. The molecule has 1 amide bonds. The van der Waals surface area contributed by atoms with Gasteiger partial charge in [-0.05, 0) is 31.0 Å². The second-order valence-electron chi connectivity index (χ2n) is 5.55. The van der Waals surface area contributed by atoms with Gasteiger partial charge in [-0.15, -0.1) is 0 Å². The van der Waals surface area contributed by atoms with Crippen LogP contribution in [0.5, 0.6) is 5.88 Å². The molecule has 2 heterocycles. The van der Waals surface area contributed by atoms with Crippen LogP contribution in [0.2, 0.25) is 0 Å². The summed E-state index contributed by atoms with van der Waals surface area (Å²) in [5.74, 6) is 0.773. The second-order valence-corrected chi connectivity index (χ2v) is 5.55. The highest BCUT2D eigenvalue weighted by molar-refractivity contribution is 5.86. The number of aromatic nitrogens is 2. The average Bonchev–Trinajstić information content (AvgIpc) is 2.91. The van der Waals surface area contributed by atoms with Crippen LogP contribution in [0.4, 0.5) is 10.2 Å². The third kappa shape index (κ3) is 3.79. The van der Waals surface area contributed by atoms with Crippen LogP contribution < -0.4 is 10.1 Å². The van der Waals surface area contributed by atoms with Crippen LogP contribution in [0.25, 0.3) is 0 Å². The molecule has 0 spiro atoms. The highest BCUT2D eigenvalue weighted by Gasteiger charge is 2.31. The number of anilines is 1. The minimum absolute atomic E-state index is 0.0101. The van der Waals surface area contributed by atoms with E-state index in [1.54, 1.807) is 23.1 Å². The van der Waals surface area contributed by atoms with Gasteiger partial charge in [0.05, 0.1) is 6.61 Å². The average molecular weight is 330 g/mol.